The molecule has 3 rings (SSSR count). The predicted molar refractivity (Wildman–Crippen MR) is 84.9 cm³/mol. The molecule has 4 heteroatoms. The van der Waals surface area contributed by atoms with Gasteiger partial charge >= 0.3 is 0 Å². The number of nitrogens with zero attached hydrogens (tertiary/aromatic N) is 1. The summed E-state index contributed by atoms with van der Waals surface area (Å²) >= 11 is 0. The zero-order valence-corrected chi connectivity index (χ0v) is 12.1. The van der Waals surface area contributed by atoms with Crippen molar-refractivity contribution in [3.63, 3.8) is 0 Å². The average Bonchev–Trinajstić information content (AvgIpc) is 2.69. The second kappa shape index (κ2) is 5.58. The first-order valence-electron chi connectivity index (χ1n) is 7.13. The molecule has 4 nitrogen and oxygen atoms in total. The molecular formula is C17H19N3O. The van der Waals surface area contributed by atoms with Gasteiger partial charge in [-0.15, -0.1) is 0 Å². The molecule has 1 aliphatic heterocycles. The van der Waals surface area contributed by atoms with Gasteiger partial charge in [0.05, 0.1) is 0 Å². The molecule has 0 atom stereocenters. The number of aryl methyl sites for hydroxylation is 1. The number of nitrogens with two attached hydrogens (primary N) is 1. The van der Waals surface area contributed by atoms with Gasteiger partial charge in [0.2, 0.25) is 5.91 Å². The Morgan fingerprint density at radius 3 is 2.81 bits per heavy atom. The van der Waals surface area contributed by atoms with Gasteiger partial charge in [0.15, 0.2) is 0 Å². The number of primary amides is 1. The fourth-order valence-electron chi connectivity index (χ4n) is 2.82. The van der Waals surface area contributed by atoms with Crippen LogP contribution < -0.4 is 16.0 Å². The van der Waals surface area contributed by atoms with Gasteiger partial charge in [-0.2, -0.15) is 0 Å². The van der Waals surface area contributed by atoms with E-state index < -0.39 is 0 Å². The summed E-state index contributed by atoms with van der Waals surface area (Å²) < 4.78 is 0. The van der Waals surface area contributed by atoms with E-state index in [1.54, 1.807) is 0 Å². The lowest BCUT2D eigenvalue weighted by Gasteiger charge is -2.25. The van der Waals surface area contributed by atoms with Gasteiger partial charge in [-0.3, -0.25) is 4.79 Å². The number of carbonyl (C=O) groups is 1. The molecule has 0 bridgehead atoms. The summed E-state index contributed by atoms with van der Waals surface area (Å²) in [7, 11) is 0. The van der Waals surface area contributed by atoms with Gasteiger partial charge < -0.3 is 16.0 Å². The van der Waals surface area contributed by atoms with Gasteiger partial charge in [-0.1, -0.05) is 18.2 Å². The maximum absolute atomic E-state index is 11.4. The number of hydrogen-bond acceptors (Lipinski definition) is 3. The Hall–Kier alpha value is -2.33. The largest absolute Gasteiger partial charge is 0.366 e. The van der Waals surface area contributed by atoms with Crippen LogP contribution in [0.5, 0.6) is 0 Å². The van der Waals surface area contributed by atoms with Crippen LogP contribution in [0.1, 0.15) is 21.5 Å². The highest BCUT2D eigenvalue weighted by Gasteiger charge is 2.17. The van der Waals surface area contributed by atoms with Crippen LogP contribution in [0.15, 0.2) is 42.5 Å². The van der Waals surface area contributed by atoms with Gasteiger partial charge in [-0.25, -0.2) is 0 Å². The molecule has 0 aromatic heterocycles. The van der Waals surface area contributed by atoms with E-state index in [-0.39, 0.29) is 5.91 Å². The Morgan fingerprint density at radius 1 is 1.24 bits per heavy atom. The fourth-order valence-corrected chi connectivity index (χ4v) is 2.82. The molecular weight excluding hydrogens is 262 g/mol. The van der Waals surface area contributed by atoms with E-state index in [0.29, 0.717) is 5.56 Å². The molecule has 3 N–H and O–H groups in total. The van der Waals surface area contributed by atoms with E-state index in [1.807, 2.05) is 25.1 Å². The number of nitrogens with one attached hydrogen (secondary N) is 1. The molecule has 0 saturated carbocycles. The minimum atomic E-state index is -0.378. The second-order valence-corrected chi connectivity index (χ2v) is 5.32. The first-order chi connectivity index (χ1) is 10.2. The summed E-state index contributed by atoms with van der Waals surface area (Å²) in [4.78, 5) is 13.6. The lowest BCUT2D eigenvalue weighted by atomic mass is 10.1. The molecule has 2 aromatic rings. The van der Waals surface area contributed by atoms with E-state index in [9.17, 15) is 4.79 Å². The minimum absolute atomic E-state index is 0.378. The van der Waals surface area contributed by atoms with Crippen LogP contribution >= 0.6 is 0 Å². The molecule has 1 amide bonds. The first-order valence-corrected chi connectivity index (χ1v) is 7.13. The van der Waals surface area contributed by atoms with Gasteiger partial charge in [0.25, 0.3) is 0 Å². The topological polar surface area (TPSA) is 58.4 Å². The number of rotatable bonds is 2. The Kier molecular flexibility index (Phi) is 3.62. The Bertz CT molecular complexity index is 681. The number of amides is 1. The van der Waals surface area contributed by atoms with E-state index in [4.69, 9.17) is 5.73 Å². The summed E-state index contributed by atoms with van der Waals surface area (Å²) in [5.74, 6) is -0.378. The zero-order valence-electron chi connectivity index (χ0n) is 12.1. The normalized spacial score (nSPS) is 14.4. The van der Waals surface area contributed by atoms with Crippen LogP contribution in [-0.2, 0) is 6.54 Å². The number of hydrogen-bond donors (Lipinski definition) is 2. The molecule has 2 aromatic carbocycles. The van der Waals surface area contributed by atoms with Crippen LogP contribution in [0.25, 0.3) is 0 Å². The van der Waals surface area contributed by atoms with E-state index in [2.05, 4.69) is 34.5 Å². The first kappa shape index (κ1) is 13.6. The molecule has 0 unspecified atom stereocenters. The van der Waals surface area contributed by atoms with E-state index in [0.717, 1.165) is 30.9 Å². The summed E-state index contributed by atoms with van der Waals surface area (Å²) in [5.41, 5.74) is 10.5. The van der Waals surface area contributed by atoms with E-state index >= 15 is 0 Å². The number of para-hydroxylation sites is 1. The van der Waals surface area contributed by atoms with Crippen molar-refractivity contribution >= 4 is 17.3 Å². The van der Waals surface area contributed by atoms with Crippen molar-refractivity contribution < 1.29 is 4.79 Å². The average molecular weight is 281 g/mol. The van der Waals surface area contributed by atoms with Gasteiger partial charge in [0.1, 0.15) is 0 Å². The maximum atomic E-state index is 11.4. The van der Waals surface area contributed by atoms with Crippen molar-refractivity contribution in [2.24, 2.45) is 5.73 Å². The third-order valence-electron chi connectivity index (χ3n) is 3.90. The Labute approximate surface area is 124 Å². The number of fused-ring (bicyclic) bond motifs is 1. The predicted octanol–water partition coefficient (Wildman–Crippen LogP) is 2.34. The van der Waals surface area contributed by atoms with Crippen molar-refractivity contribution in [2.75, 3.05) is 18.0 Å². The summed E-state index contributed by atoms with van der Waals surface area (Å²) in [5, 5.41) is 3.43. The number of benzene rings is 2. The van der Waals surface area contributed by atoms with Crippen molar-refractivity contribution in [2.45, 2.75) is 13.5 Å². The highest BCUT2D eigenvalue weighted by Crippen LogP contribution is 2.30. The molecule has 0 saturated heterocycles. The standard InChI is InChI=1S/C17H19N3O/c1-12-10-14(6-7-15(12)17(18)21)20-9-8-19-11-13-4-2-3-5-16(13)20/h2-7,10,19H,8-9,11H2,1H3,(H2,18,21). The highest BCUT2D eigenvalue weighted by molar-refractivity contribution is 5.94. The third kappa shape index (κ3) is 2.62. The number of anilines is 2. The number of carbonyl (C=O) groups excluding carboxylic acids is 1. The summed E-state index contributed by atoms with van der Waals surface area (Å²) in [6, 6.07) is 14.2. The molecule has 0 fully saturated rings. The molecule has 0 radical (unpaired) electrons. The fraction of sp³-hybridized carbons (Fsp3) is 0.235. The molecule has 108 valence electrons. The Balaban J connectivity index is 2.04. The third-order valence-corrected chi connectivity index (χ3v) is 3.90. The van der Waals surface area contributed by atoms with Gasteiger partial charge in [0, 0.05) is 36.6 Å². The summed E-state index contributed by atoms with van der Waals surface area (Å²) in [6.45, 7) is 4.62. The Morgan fingerprint density at radius 2 is 2.05 bits per heavy atom. The lowest BCUT2D eigenvalue weighted by Crippen LogP contribution is -2.24. The quantitative estimate of drug-likeness (QED) is 0.888. The van der Waals surface area contributed by atoms with Crippen molar-refractivity contribution in [1.29, 1.82) is 0 Å². The maximum Gasteiger partial charge on any atom is 0.248 e. The smallest absolute Gasteiger partial charge is 0.248 e. The molecule has 1 aliphatic rings. The second-order valence-electron chi connectivity index (χ2n) is 5.32. The zero-order chi connectivity index (χ0) is 14.8. The van der Waals surface area contributed by atoms with Crippen molar-refractivity contribution in [3.8, 4) is 0 Å². The minimum Gasteiger partial charge on any atom is -0.366 e. The molecule has 21 heavy (non-hydrogen) atoms. The van der Waals surface area contributed by atoms with Crippen molar-refractivity contribution in [3.05, 3.63) is 59.2 Å². The molecule has 1 heterocycles. The van der Waals surface area contributed by atoms with Crippen LogP contribution in [-0.4, -0.2) is 19.0 Å². The van der Waals surface area contributed by atoms with Crippen LogP contribution in [0.3, 0.4) is 0 Å². The monoisotopic (exact) mass is 281 g/mol. The van der Waals surface area contributed by atoms with E-state index in [1.165, 1.54) is 11.3 Å². The van der Waals surface area contributed by atoms with Crippen LogP contribution in [0, 0.1) is 6.92 Å². The molecule has 0 spiro atoms. The summed E-state index contributed by atoms with van der Waals surface area (Å²) in [6.07, 6.45) is 0. The van der Waals surface area contributed by atoms with Gasteiger partial charge in [-0.05, 0) is 42.3 Å². The highest BCUT2D eigenvalue weighted by atomic mass is 16.1. The van der Waals surface area contributed by atoms with Crippen LogP contribution in [0.2, 0.25) is 0 Å². The van der Waals surface area contributed by atoms with Crippen molar-refractivity contribution in [1.82, 2.24) is 5.32 Å². The van der Waals surface area contributed by atoms with Crippen LogP contribution in [0.4, 0.5) is 11.4 Å². The SMILES string of the molecule is Cc1cc(N2CCNCc3ccccc32)ccc1C(N)=O. The lowest BCUT2D eigenvalue weighted by molar-refractivity contribution is 0.1000. The molecule has 0 aliphatic carbocycles.